The minimum Gasteiger partial charge on any atom is -0.389 e. The van der Waals surface area contributed by atoms with Gasteiger partial charge in [0.15, 0.2) is 0 Å². The number of aliphatic hydroxyl groups is 1. The SMILES string of the molecule is O=C1c2ccccc2C(=O)N1[C@@H]1COC[C@H](O)[C@H]1Br. The lowest BCUT2D eigenvalue weighted by Crippen LogP contribution is -2.55. The second kappa shape index (κ2) is 4.70. The number of alkyl halides is 1. The van der Waals surface area contributed by atoms with E-state index in [1.54, 1.807) is 24.3 Å². The molecule has 2 heterocycles. The van der Waals surface area contributed by atoms with Crippen molar-refractivity contribution in [1.29, 1.82) is 0 Å². The summed E-state index contributed by atoms with van der Waals surface area (Å²) < 4.78 is 5.25. The van der Waals surface area contributed by atoms with Crippen LogP contribution in [0.1, 0.15) is 20.7 Å². The van der Waals surface area contributed by atoms with Crippen LogP contribution >= 0.6 is 15.9 Å². The fraction of sp³-hybridized carbons (Fsp3) is 0.385. The second-order valence-electron chi connectivity index (χ2n) is 4.64. The Balaban J connectivity index is 1.95. The van der Waals surface area contributed by atoms with Gasteiger partial charge >= 0.3 is 0 Å². The van der Waals surface area contributed by atoms with Crippen LogP contribution in [0.3, 0.4) is 0 Å². The normalized spacial score (nSPS) is 30.6. The molecule has 100 valence electrons. The molecular weight excluding hydrogens is 314 g/mol. The van der Waals surface area contributed by atoms with Crippen LogP contribution < -0.4 is 0 Å². The van der Waals surface area contributed by atoms with Crippen LogP contribution in [-0.2, 0) is 4.74 Å². The van der Waals surface area contributed by atoms with Crippen LogP contribution in [0.4, 0.5) is 0 Å². The fourth-order valence-electron chi connectivity index (χ4n) is 2.48. The molecule has 0 bridgehead atoms. The number of aliphatic hydroxyl groups excluding tert-OH is 1. The maximum absolute atomic E-state index is 12.3. The monoisotopic (exact) mass is 325 g/mol. The maximum Gasteiger partial charge on any atom is 0.261 e. The zero-order valence-corrected chi connectivity index (χ0v) is 11.5. The molecule has 0 aliphatic carbocycles. The highest BCUT2D eigenvalue weighted by molar-refractivity contribution is 9.09. The predicted molar refractivity (Wildman–Crippen MR) is 70.3 cm³/mol. The van der Waals surface area contributed by atoms with Gasteiger partial charge in [0.1, 0.15) is 0 Å². The van der Waals surface area contributed by atoms with E-state index in [4.69, 9.17) is 4.74 Å². The molecule has 2 amide bonds. The van der Waals surface area contributed by atoms with Crippen molar-refractivity contribution in [2.75, 3.05) is 13.2 Å². The van der Waals surface area contributed by atoms with Gasteiger partial charge in [-0.1, -0.05) is 28.1 Å². The van der Waals surface area contributed by atoms with Crippen molar-refractivity contribution in [3.63, 3.8) is 0 Å². The summed E-state index contributed by atoms with van der Waals surface area (Å²) in [6.07, 6.45) is -0.733. The number of ether oxygens (including phenoxy) is 1. The molecule has 1 aromatic carbocycles. The van der Waals surface area contributed by atoms with Gasteiger partial charge < -0.3 is 9.84 Å². The van der Waals surface area contributed by atoms with Crippen LogP contribution in [0.2, 0.25) is 0 Å². The lowest BCUT2D eigenvalue weighted by molar-refractivity contribution is -0.0359. The van der Waals surface area contributed by atoms with E-state index in [1.165, 1.54) is 4.90 Å². The minimum absolute atomic E-state index is 0.204. The van der Waals surface area contributed by atoms with Crippen molar-refractivity contribution in [1.82, 2.24) is 4.90 Å². The molecule has 19 heavy (non-hydrogen) atoms. The Labute approximate surface area is 118 Å². The standard InChI is InChI=1S/C13H12BrNO4/c14-11-9(5-19-6-10(11)16)15-12(17)7-3-1-2-4-8(7)13(15)18/h1-4,9-11,16H,5-6H2/t9-,10+,11+/m1/s1. The van der Waals surface area contributed by atoms with Gasteiger partial charge in [-0.2, -0.15) is 0 Å². The highest BCUT2D eigenvalue weighted by Crippen LogP contribution is 2.30. The Hall–Kier alpha value is -1.24. The molecule has 5 nitrogen and oxygen atoms in total. The summed E-state index contributed by atoms with van der Waals surface area (Å²) in [5.74, 6) is -0.652. The first-order valence-electron chi connectivity index (χ1n) is 5.98. The van der Waals surface area contributed by atoms with Crippen LogP contribution in [0, 0.1) is 0 Å². The maximum atomic E-state index is 12.3. The number of carbonyl (C=O) groups is 2. The van der Waals surface area contributed by atoms with Gasteiger partial charge in [0, 0.05) is 0 Å². The van der Waals surface area contributed by atoms with Crippen LogP contribution in [0.15, 0.2) is 24.3 Å². The number of nitrogens with zero attached hydrogens (tertiary/aromatic N) is 1. The molecule has 2 aliphatic rings. The molecule has 0 spiro atoms. The van der Waals surface area contributed by atoms with Crippen molar-refractivity contribution >= 4 is 27.7 Å². The molecule has 3 rings (SSSR count). The van der Waals surface area contributed by atoms with Crippen molar-refractivity contribution < 1.29 is 19.4 Å². The average Bonchev–Trinajstić information content (AvgIpc) is 2.67. The number of imide groups is 1. The number of fused-ring (bicyclic) bond motifs is 1. The smallest absolute Gasteiger partial charge is 0.261 e. The van der Waals surface area contributed by atoms with E-state index in [0.717, 1.165) is 0 Å². The van der Waals surface area contributed by atoms with E-state index in [2.05, 4.69) is 15.9 Å². The van der Waals surface area contributed by atoms with E-state index in [0.29, 0.717) is 11.1 Å². The summed E-state index contributed by atoms with van der Waals surface area (Å²) in [4.78, 5) is 25.4. The first-order chi connectivity index (χ1) is 9.11. The van der Waals surface area contributed by atoms with Gasteiger partial charge in [0.25, 0.3) is 11.8 Å². The van der Waals surface area contributed by atoms with Gasteiger partial charge in [0.05, 0.1) is 41.3 Å². The zero-order valence-electron chi connectivity index (χ0n) is 9.95. The van der Waals surface area contributed by atoms with E-state index < -0.39 is 12.1 Å². The molecule has 2 aliphatic heterocycles. The Morgan fingerprint density at radius 1 is 1.16 bits per heavy atom. The number of halogens is 1. The number of benzene rings is 1. The van der Waals surface area contributed by atoms with Crippen molar-refractivity contribution in [3.05, 3.63) is 35.4 Å². The van der Waals surface area contributed by atoms with E-state index in [-0.39, 0.29) is 29.9 Å². The first kappa shape index (κ1) is 12.8. The van der Waals surface area contributed by atoms with Crippen molar-refractivity contribution in [2.45, 2.75) is 17.0 Å². The molecule has 0 saturated carbocycles. The third-order valence-electron chi connectivity index (χ3n) is 3.47. The van der Waals surface area contributed by atoms with E-state index in [1.807, 2.05) is 0 Å². The highest BCUT2D eigenvalue weighted by atomic mass is 79.9. The summed E-state index contributed by atoms with van der Waals surface area (Å²) >= 11 is 3.35. The molecule has 0 aromatic heterocycles. The molecule has 0 unspecified atom stereocenters. The topological polar surface area (TPSA) is 66.8 Å². The Bertz CT molecular complexity index is 512. The van der Waals surface area contributed by atoms with Gasteiger partial charge in [-0.15, -0.1) is 0 Å². The van der Waals surface area contributed by atoms with Crippen LogP contribution in [0.5, 0.6) is 0 Å². The number of rotatable bonds is 1. The molecule has 3 atom stereocenters. The summed E-state index contributed by atoms with van der Waals surface area (Å²) in [6.45, 7) is 0.439. The molecule has 0 radical (unpaired) electrons. The lowest BCUT2D eigenvalue weighted by Gasteiger charge is -2.36. The fourth-order valence-corrected chi connectivity index (χ4v) is 3.02. The van der Waals surface area contributed by atoms with E-state index in [9.17, 15) is 14.7 Å². The summed E-state index contributed by atoms with van der Waals surface area (Å²) in [6, 6.07) is 6.24. The van der Waals surface area contributed by atoms with E-state index >= 15 is 0 Å². The van der Waals surface area contributed by atoms with Gasteiger partial charge in [-0.3, -0.25) is 14.5 Å². The molecule has 1 N–H and O–H groups in total. The lowest BCUT2D eigenvalue weighted by atomic mass is 10.1. The largest absolute Gasteiger partial charge is 0.389 e. The molecule has 1 fully saturated rings. The molecular formula is C13H12BrNO4. The van der Waals surface area contributed by atoms with Crippen LogP contribution in [-0.4, -0.2) is 52.0 Å². The zero-order chi connectivity index (χ0) is 13.6. The van der Waals surface area contributed by atoms with Crippen molar-refractivity contribution in [2.24, 2.45) is 0 Å². The second-order valence-corrected chi connectivity index (χ2v) is 5.70. The molecule has 6 heteroatoms. The molecule has 1 aromatic rings. The van der Waals surface area contributed by atoms with Gasteiger partial charge in [-0.25, -0.2) is 0 Å². The summed E-state index contributed by atoms with van der Waals surface area (Å²) in [5.41, 5.74) is 0.819. The Kier molecular flexibility index (Phi) is 3.16. The number of hydrogen-bond donors (Lipinski definition) is 1. The predicted octanol–water partition coefficient (Wildman–Crippen LogP) is 0.806. The molecule has 1 saturated heterocycles. The average molecular weight is 326 g/mol. The summed E-state index contributed by atoms with van der Waals surface area (Å²) in [7, 11) is 0. The number of hydrogen-bond acceptors (Lipinski definition) is 4. The first-order valence-corrected chi connectivity index (χ1v) is 6.89. The quantitative estimate of drug-likeness (QED) is 0.613. The number of carbonyl (C=O) groups excluding carboxylic acids is 2. The number of amides is 2. The highest BCUT2D eigenvalue weighted by Gasteiger charge is 2.45. The minimum atomic E-state index is -0.733. The Morgan fingerprint density at radius 2 is 1.74 bits per heavy atom. The van der Waals surface area contributed by atoms with Gasteiger partial charge in [0.2, 0.25) is 0 Å². The summed E-state index contributed by atoms with van der Waals surface area (Å²) in [5, 5.41) is 9.78. The van der Waals surface area contributed by atoms with Crippen LogP contribution in [0.25, 0.3) is 0 Å². The Morgan fingerprint density at radius 3 is 2.32 bits per heavy atom. The van der Waals surface area contributed by atoms with Gasteiger partial charge in [-0.05, 0) is 12.1 Å². The van der Waals surface area contributed by atoms with Crippen molar-refractivity contribution in [3.8, 4) is 0 Å². The third kappa shape index (κ3) is 1.91. The third-order valence-corrected chi connectivity index (χ3v) is 4.69.